The van der Waals surface area contributed by atoms with Gasteiger partial charge in [0.25, 0.3) is 0 Å². The first kappa shape index (κ1) is 16.8. The molecule has 0 aliphatic carbocycles. The lowest BCUT2D eigenvalue weighted by atomic mass is 9.90. The van der Waals surface area contributed by atoms with Crippen LogP contribution in [-0.2, 0) is 16.1 Å². The SMILES string of the molecule is CC(C)(C)OC(=O)N1C[C@H](COCc2ccccc2)[C@H]1CO. The molecule has 0 radical (unpaired) electrons. The fourth-order valence-corrected chi connectivity index (χ4v) is 2.47. The van der Waals surface area contributed by atoms with E-state index in [1.54, 1.807) is 4.90 Å². The molecule has 2 rings (SSSR count). The van der Waals surface area contributed by atoms with Gasteiger partial charge in [-0.05, 0) is 26.3 Å². The van der Waals surface area contributed by atoms with E-state index in [0.717, 1.165) is 5.56 Å². The highest BCUT2D eigenvalue weighted by molar-refractivity contribution is 5.69. The van der Waals surface area contributed by atoms with Crippen molar-refractivity contribution in [2.24, 2.45) is 5.92 Å². The van der Waals surface area contributed by atoms with Crippen molar-refractivity contribution in [3.63, 3.8) is 0 Å². The van der Waals surface area contributed by atoms with E-state index in [1.807, 2.05) is 51.1 Å². The number of aliphatic hydroxyl groups is 1. The minimum Gasteiger partial charge on any atom is -0.444 e. The molecule has 5 nitrogen and oxygen atoms in total. The maximum absolute atomic E-state index is 12.0. The summed E-state index contributed by atoms with van der Waals surface area (Å²) in [6.45, 7) is 7.06. The molecule has 0 saturated carbocycles. The minimum atomic E-state index is -0.522. The van der Waals surface area contributed by atoms with Gasteiger partial charge in [-0.25, -0.2) is 4.79 Å². The Morgan fingerprint density at radius 3 is 2.59 bits per heavy atom. The van der Waals surface area contributed by atoms with Gasteiger partial charge in [-0.15, -0.1) is 0 Å². The first-order valence-electron chi connectivity index (χ1n) is 7.63. The van der Waals surface area contributed by atoms with E-state index in [1.165, 1.54) is 0 Å². The van der Waals surface area contributed by atoms with Gasteiger partial charge in [0, 0.05) is 12.5 Å². The van der Waals surface area contributed by atoms with E-state index in [0.29, 0.717) is 19.8 Å². The Kier molecular flexibility index (Phi) is 5.42. The van der Waals surface area contributed by atoms with Crippen molar-refractivity contribution in [2.75, 3.05) is 19.8 Å². The van der Waals surface area contributed by atoms with Crippen LogP contribution in [-0.4, -0.2) is 47.5 Å². The summed E-state index contributed by atoms with van der Waals surface area (Å²) in [5, 5.41) is 9.49. The van der Waals surface area contributed by atoms with Gasteiger partial charge in [-0.3, -0.25) is 0 Å². The van der Waals surface area contributed by atoms with E-state index >= 15 is 0 Å². The number of benzene rings is 1. The van der Waals surface area contributed by atoms with Crippen LogP contribution in [0.1, 0.15) is 26.3 Å². The van der Waals surface area contributed by atoms with Gasteiger partial charge in [0.05, 0.1) is 25.9 Å². The van der Waals surface area contributed by atoms with Crippen molar-refractivity contribution in [3.8, 4) is 0 Å². The third kappa shape index (κ3) is 4.45. The van der Waals surface area contributed by atoms with E-state index in [4.69, 9.17) is 9.47 Å². The van der Waals surface area contributed by atoms with Crippen LogP contribution in [0.15, 0.2) is 30.3 Å². The summed E-state index contributed by atoms with van der Waals surface area (Å²) in [5.41, 5.74) is 0.595. The molecule has 1 heterocycles. The third-order valence-corrected chi connectivity index (χ3v) is 3.63. The number of likely N-dealkylation sites (tertiary alicyclic amines) is 1. The van der Waals surface area contributed by atoms with E-state index in [9.17, 15) is 9.90 Å². The number of nitrogens with zero attached hydrogens (tertiary/aromatic N) is 1. The number of carbonyl (C=O) groups is 1. The molecule has 1 aliphatic heterocycles. The van der Waals surface area contributed by atoms with Gasteiger partial charge in [0.15, 0.2) is 0 Å². The maximum Gasteiger partial charge on any atom is 0.410 e. The summed E-state index contributed by atoms with van der Waals surface area (Å²) >= 11 is 0. The van der Waals surface area contributed by atoms with Gasteiger partial charge in [0.2, 0.25) is 0 Å². The van der Waals surface area contributed by atoms with Gasteiger partial charge in [-0.1, -0.05) is 30.3 Å². The van der Waals surface area contributed by atoms with Crippen LogP contribution >= 0.6 is 0 Å². The molecular formula is C17H25NO4. The predicted octanol–water partition coefficient (Wildman–Crippen LogP) is 2.43. The first-order valence-corrected chi connectivity index (χ1v) is 7.63. The first-order chi connectivity index (χ1) is 10.4. The number of rotatable bonds is 5. The Hall–Kier alpha value is -1.59. The summed E-state index contributed by atoms with van der Waals surface area (Å²) in [7, 11) is 0. The fourth-order valence-electron chi connectivity index (χ4n) is 2.47. The Labute approximate surface area is 131 Å². The van der Waals surface area contributed by atoms with Crippen LogP contribution in [0.3, 0.4) is 0 Å². The zero-order valence-corrected chi connectivity index (χ0v) is 13.5. The topological polar surface area (TPSA) is 59.0 Å². The lowest BCUT2D eigenvalue weighted by Crippen LogP contribution is -2.62. The average molecular weight is 307 g/mol. The highest BCUT2D eigenvalue weighted by atomic mass is 16.6. The lowest BCUT2D eigenvalue weighted by molar-refractivity contribution is -0.0717. The van der Waals surface area contributed by atoms with Gasteiger partial charge >= 0.3 is 6.09 Å². The van der Waals surface area contributed by atoms with E-state index < -0.39 is 5.60 Å². The molecule has 1 saturated heterocycles. The molecule has 1 aromatic rings. The molecule has 1 fully saturated rings. The number of hydrogen-bond donors (Lipinski definition) is 1. The second-order valence-electron chi connectivity index (χ2n) is 6.64. The normalized spacial score (nSPS) is 21.4. The summed E-state index contributed by atoms with van der Waals surface area (Å²) in [6, 6.07) is 9.72. The molecule has 0 bridgehead atoms. The fraction of sp³-hybridized carbons (Fsp3) is 0.588. The molecule has 5 heteroatoms. The number of aliphatic hydroxyl groups excluding tert-OH is 1. The predicted molar refractivity (Wildman–Crippen MR) is 83.4 cm³/mol. The highest BCUT2D eigenvalue weighted by Crippen LogP contribution is 2.27. The largest absolute Gasteiger partial charge is 0.444 e. The molecule has 1 aromatic carbocycles. The molecule has 0 spiro atoms. The summed E-state index contributed by atoms with van der Waals surface area (Å²) < 4.78 is 11.0. The Bertz CT molecular complexity index is 483. The van der Waals surface area contributed by atoms with Crippen molar-refractivity contribution < 1.29 is 19.4 Å². The van der Waals surface area contributed by atoms with Gasteiger partial charge in [0.1, 0.15) is 5.60 Å². The quantitative estimate of drug-likeness (QED) is 0.907. The van der Waals surface area contributed by atoms with Crippen molar-refractivity contribution >= 4 is 6.09 Å². The van der Waals surface area contributed by atoms with Gasteiger partial charge in [-0.2, -0.15) is 0 Å². The van der Waals surface area contributed by atoms with Crippen molar-refractivity contribution in [1.82, 2.24) is 4.90 Å². The zero-order valence-electron chi connectivity index (χ0n) is 13.5. The van der Waals surface area contributed by atoms with E-state index in [2.05, 4.69) is 0 Å². The maximum atomic E-state index is 12.0. The van der Waals surface area contributed by atoms with E-state index in [-0.39, 0.29) is 24.7 Å². The summed E-state index contributed by atoms with van der Waals surface area (Å²) in [5.74, 6) is 0.154. The molecule has 0 unspecified atom stereocenters. The zero-order chi connectivity index (χ0) is 16.2. The molecule has 22 heavy (non-hydrogen) atoms. The average Bonchev–Trinajstić information content (AvgIpc) is 2.41. The van der Waals surface area contributed by atoms with Crippen LogP contribution in [0.25, 0.3) is 0 Å². The molecule has 2 atom stereocenters. The number of carbonyl (C=O) groups excluding carboxylic acids is 1. The lowest BCUT2D eigenvalue weighted by Gasteiger charge is -2.46. The Morgan fingerprint density at radius 1 is 1.32 bits per heavy atom. The smallest absolute Gasteiger partial charge is 0.410 e. The second-order valence-corrected chi connectivity index (χ2v) is 6.64. The summed E-state index contributed by atoms with van der Waals surface area (Å²) in [4.78, 5) is 13.6. The molecule has 1 aliphatic rings. The summed E-state index contributed by atoms with van der Waals surface area (Å²) in [6.07, 6.45) is -0.370. The number of amides is 1. The van der Waals surface area contributed by atoms with Gasteiger partial charge < -0.3 is 19.5 Å². The minimum absolute atomic E-state index is 0.0708. The standard InChI is InChI=1S/C17H25NO4/c1-17(2,3)22-16(20)18-9-14(15(18)10-19)12-21-11-13-7-5-4-6-8-13/h4-8,14-15,19H,9-12H2,1-3H3/t14-,15-/m1/s1. The third-order valence-electron chi connectivity index (χ3n) is 3.63. The Morgan fingerprint density at radius 2 is 2.00 bits per heavy atom. The van der Waals surface area contributed by atoms with Crippen LogP contribution in [0.2, 0.25) is 0 Å². The second kappa shape index (κ2) is 7.11. The molecule has 122 valence electrons. The monoisotopic (exact) mass is 307 g/mol. The van der Waals surface area contributed by atoms with Crippen LogP contribution in [0.4, 0.5) is 4.79 Å². The van der Waals surface area contributed by atoms with Crippen molar-refractivity contribution in [2.45, 2.75) is 39.0 Å². The van der Waals surface area contributed by atoms with Crippen molar-refractivity contribution in [1.29, 1.82) is 0 Å². The molecule has 1 N–H and O–H groups in total. The van der Waals surface area contributed by atoms with Crippen LogP contribution in [0, 0.1) is 5.92 Å². The molecular weight excluding hydrogens is 282 g/mol. The van der Waals surface area contributed by atoms with Crippen molar-refractivity contribution in [3.05, 3.63) is 35.9 Å². The van der Waals surface area contributed by atoms with Crippen LogP contribution in [0.5, 0.6) is 0 Å². The van der Waals surface area contributed by atoms with Crippen LogP contribution < -0.4 is 0 Å². The molecule has 0 aromatic heterocycles. The number of ether oxygens (including phenoxy) is 2. The molecule has 1 amide bonds. The number of hydrogen-bond acceptors (Lipinski definition) is 4. The Balaban J connectivity index is 1.76. The highest BCUT2D eigenvalue weighted by Gasteiger charge is 2.43.